The van der Waals surface area contributed by atoms with Gasteiger partial charge in [0.15, 0.2) is 0 Å². The maximum absolute atomic E-state index is 5.45. The Morgan fingerprint density at radius 2 is 2.23 bits per heavy atom. The van der Waals surface area contributed by atoms with Gasteiger partial charge in [-0.2, -0.15) is 0 Å². The average Bonchev–Trinajstić information content (AvgIpc) is 2.02. The molecule has 0 saturated carbocycles. The van der Waals surface area contributed by atoms with Gasteiger partial charge in [0, 0.05) is 11.9 Å². The number of aryl methyl sites for hydroxylation is 2. The van der Waals surface area contributed by atoms with E-state index in [1.807, 2.05) is 13.1 Å². The lowest BCUT2D eigenvalue weighted by Crippen LogP contribution is -2.05. The third-order valence-electron chi connectivity index (χ3n) is 1.85. The monoisotopic (exact) mass is 177 g/mol. The SMILES string of the molecule is CC(N)=NCc1cnc(C)cc1C. The molecule has 0 atom stereocenters. The van der Waals surface area contributed by atoms with Gasteiger partial charge < -0.3 is 5.73 Å². The number of nitrogens with zero attached hydrogens (tertiary/aromatic N) is 2. The van der Waals surface area contributed by atoms with E-state index < -0.39 is 0 Å². The molecule has 1 rings (SSSR count). The Kier molecular flexibility index (Phi) is 3.01. The molecule has 3 heteroatoms. The molecule has 0 aliphatic heterocycles. The van der Waals surface area contributed by atoms with Gasteiger partial charge in [0.2, 0.25) is 0 Å². The second-order valence-electron chi connectivity index (χ2n) is 3.21. The van der Waals surface area contributed by atoms with E-state index in [-0.39, 0.29) is 0 Å². The van der Waals surface area contributed by atoms with Crippen LogP contribution in [0.4, 0.5) is 0 Å². The minimum Gasteiger partial charge on any atom is -0.388 e. The summed E-state index contributed by atoms with van der Waals surface area (Å²) in [6.45, 7) is 6.46. The average molecular weight is 177 g/mol. The summed E-state index contributed by atoms with van der Waals surface area (Å²) in [5.74, 6) is 0.611. The number of aliphatic imine (C=N–C) groups is 1. The molecular formula is C10H15N3. The van der Waals surface area contributed by atoms with Gasteiger partial charge in [0.25, 0.3) is 0 Å². The van der Waals surface area contributed by atoms with Gasteiger partial charge in [-0.3, -0.25) is 9.98 Å². The number of hydrogen-bond acceptors (Lipinski definition) is 2. The minimum absolute atomic E-state index is 0.611. The van der Waals surface area contributed by atoms with E-state index >= 15 is 0 Å². The highest BCUT2D eigenvalue weighted by Gasteiger charge is 1.97. The van der Waals surface area contributed by atoms with Crippen LogP contribution in [0, 0.1) is 13.8 Å². The zero-order chi connectivity index (χ0) is 9.84. The second-order valence-corrected chi connectivity index (χ2v) is 3.21. The number of pyridine rings is 1. The summed E-state index contributed by atoms with van der Waals surface area (Å²) in [5.41, 5.74) is 8.84. The molecule has 0 saturated heterocycles. The molecule has 0 unspecified atom stereocenters. The largest absolute Gasteiger partial charge is 0.388 e. The van der Waals surface area contributed by atoms with Crippen molar-refractivity contribution in [2.24, 2.45) is 10.7 Å². The molecule has 0 amide bonds. The lowest BCUT2D eigenvalue weighted by atomic mass is 10.1. The number of nitrogens with two attached hydrogens (primary N) is 1. The Labute approximate surface area is 78.7 Å². The zero-order valence-electron chi connectivity index (χ0n) is 8.33. The maximum Gasteiger partial charge on any atom is 0.0909 e. The lowest BCUT2D eigenvalue weighted by molar-refractivity contribution is 1.00. The van der Waals surface area contributed by atoms with Crippen LogP contribution in [0.15, 0.2) is 17.3 Å². The Morgan fingerprint density at radius 1 is 1.54 bits per heavy atom. The van der Waals surface area contributed by atoms with Crippen LogP contribution in [-0.2, 0) is 6.54 Å². The second kappa shape index (κ2) is 4.03. The van der Waals surface area contributed by atoms with Crippen LogP contribution in [0.2, 0.25) is 0 Å². The van der Waals surface area contributed by atoms with Crippen LogP contribution in [0.3, 0.4) is 0 Å². The summed E-state index contributed by atoms with van der Waals surface area (Å²) < 4.78 is 0. The van der Waals surface area contributed by atoms with E-state index in [0.717, 1.165) is 11.3 Å². The van der Waals surface area contributed by atoms with Crippen LogP contribution in [0.25, 0.3) is 0 Å². The van der Waals surface area contributed by atoms with Crippen molar-refractivity contribution in [1.82, 2.24) is 4.98 Å². The summed E-state index contributed by atoms with van der Waals surface area (Å²) in [6, 6.07) is 2.05. The van der Waals surface area contributed by atoms with Crippen molar-refractivity contribution < 1.29 is 0 Å². The Bertz CT molecular complexity index is 325. The van der Waals surface area contributed by atoms with E-state index in [1.54, 1.807) is 6.92 Å². The third kappa shape index (κ3) is 2.86. The minimum atomic E-state index is 0.611. The fraction of sp³-hybridized carbons (Fsp3) is 0.400. The van der Waals surface area contributed by atoms with Crippen molar-refractivity contribution in [1.29, 1.82) is 0 Å². The molecule has 1 aromatic heterocycles. The van der Waals surface area contributed by atoms with Crippen molar-refractivity contribution in [3.8, 4) is 0 Å². The molecule has 0 aromatic carbocycles. The van der Waals surface area contributed by atoms with E-state index in [4.69, 9.17) is 5.73 Å². The summed E-state index contributed by atoms with van der Waals surface area (Å²) in [6.07, 6.45) is 1.86. The molecule has 13 heavy (non-hydrogen) atoms. The number of amidine groups is 1. The van der Waals surface area contributed by atoms with Crippen molar-refractivity contribution in [2.45, 2.75) is 27.3 Å². The first-order valence-electron chi connectivity index (χ1n) is 4.28. The Balaban J connectivity index is 2.84. The molecular weight excluding hydrogens is 162 g/mol. The zero-order valence-corrected chi connectivity index (χ0v) is 8.33. The molecule has 0 spiro atoms. The number of hydrogen-bond donors (Lipinski definition) is 1. The summed E-state index contributed by atoms with van der Waals surface area (Å²) >= 11 is 0. The molecule has 70 valence electrons. The van der Waals surface area contributed by atoms with Gasteiger partial charge in [-0.25, -0.2) is 0 Å². The fourth-order valence-electron chi connectivity index (χ4n) is 1.10. The molecule has 0 fully saturated rings. The summed E-state index contributed by atoms with van der Waals surface area (Å²) in [7, 11) is 0. The molecule has 0 aliphatic rings. The summed E-state index contributed by atoms with van der Waals surface area (Å²) in [5, 5.41) is 0. The first kappa shape index (κ1) is 9.71. The fourth-order valence-corrected chi connectivity index (χ4v) is 1.10. The quantitative estimate of drug-likeness (QED) is 0.550. The molecule has 0 bridgehead atoms. The predicted octanol–water partition coefficient (Wildman–Crippen LogP) is 1.58. The first-order chi connectivity index (χ1) is 6.09. The Morgan fingerprint density at radius 3 is 2.77 bits per heavy atom. The van der Waals surface area contributed by atoms with Gasteiger partial charge in [-0.1, -0.05) is 0 Å². The third-order valence-corrected chi connectivity index (χ3v) is 1.85. The lowest BCUT2D eigenvalue weighted by Gasteiger charge is -2.02. The molecule has 1 heterocycles. The Hall–Kier alpha value is -1.38. The standard InChI is InChI=1S/C10H15N3/c1-7-4-8(2)12-5-10(7)6-13-9(3)11/h4-5H,6H2,1-3H3,(H2,11,13). The molecule has 1 aromatic rings. The van der Waals surface area contributed by atoms with E-state index in [2.05, 4.69) is 23.0 Å². The highest BCUT2D eigenvalue weighted by atomic mass is 14.8. The van der Waals surface area contributed by atoms with Crippen molar-refractivity contribution in [3.63, 3.8) is 0 Å². The van der Waals surface area contributed by atoms with Crippen LogP contribution >= 0.6 is 0 Å². The highest BCUT2D eigenvalue weighted by Crippen LogP contribution is 2.08. The normalized spacial score (nSPS) is 11.8. The van der Waals surface area contributed by atoms with Gasteiger partial charge in [-0.15, -0.1) is 0 Å². The number of rotatable bonds is 2. The summed E-state index contributed by atoms with van der Waals surface area (Å²) in [4.78, 5) is 8.35. The van der Waals surface area contributed by atoms with Gasteiger partial charge >= 0.3 is 0 Å². The van der Waals surface area contributed by atoms with Gasteiger partial charge in [-0.05, 0) is 38.0 Å². The van der Waals surface area contributed by atoms with E-state index in [9.17, 15) is 0 Å². The van der Waals surface area contributed by atoms with Crippen LogP contribution < -0.4 is 5.73 Å². The molecule has 3 nitrogen and oxygen atoms in total. The van der Waals surface area contributed by atoms with Crippen LogP contribution in [-0.4, -0.2) is 10.8 Å². The van der Waals surface area contributed by atoms with Crippen molar-refractivity contribution in [3.05, 3.63) is 29.1 Å². The van der Waals surface area contributed by atoms with E-state index in [1.165, 1.54) is 5.56 Å². The van der Waals surface area contributed by atoms with Gasteiger partial charge in [0.1, 0.15) is 0 Å². The van der Waals surface area contributed by atoms with Crippen molar-refractivity contribution >= 4 is 5.84 Å². The maximum atomic E-state index is 5.45. The van der Waals surface area contributed by atoms with E-state index in [0.29, 0.717) is 12.4 Å². The van der Waals surface area contributed by atoms with Crippen LogP contribution in [0.5, 0.6) is 0 Å². The van der Waals surface area contributed by atoms with Crippen molar-refractivity contribution in [2.75, 3.05) is 0 Å². The number of aromatic nitrogens is 1. The molecule has 0 radical (unpaired) electrons. The van der Waals surface area contributed by atoms with Crippen LogP contribution in [0.1, 0.15) is 23.7 Å². The highest BCUT2D eigenvalue weighted by molar-refractivity contribution is 5.77. The molecule has 0 aliphatic carbocycles. The van der Waals surface area contributed by atoms with Gasteiger partial charge in [0.05, 0.1) is 12.4 Å². The topological polar surface area (TPSA) is 51.3 Å². The first-order valence-corrected chi connectivity index (χ1v) is 4.28. The smallest absolute Gasteiger partial charge is 0.0909 e. The molecule has 2 N–H and O–H groups in total. The predicted molar refractivity (Wildman–Crippen MR) is 54.7 cm³/mol.